The largest absolute Gasteiger partial charge is 0.334 e. The van der Waals surface area contributed by atoms with Crippen LogP contribution in [-0.4, -0.2) is 46.7 Å². The summed E-state index contributed by atoms with van der Waals surface area (Å²) in [7, 11) is -2.06. The van der Waals surface area contributed by atoms with Gasteiger partial charge in [-0.1, -0.05) is 6.42 Å². The number of aryl methyl sites for hydroxylation is 1. The second kappa shape index (κ2) is 7.43. The molecule has 0 unspecified atom stereocenters. The smallest absolute Gasteiger partial charge is 0.282 e. The van der Waals surface area contributed by atoms with Crippen LogP contribution in [0.4, 0.5) is 0 Å². The van der Waals surface area contributed by atoms with E-state index in [1.807, 2.05) is 17.7 Å². The zero-order chi connectivity index (χ0) is 17.0. The van der Waals surface area contributed by atoms with Gasteiger partial charge >= 0.3 is 0 Å². The molecule has 2 rings (SSSR count). The normalized spacial score (nSPS) is 21.3. The fourth-order valence-electron chi connectivity index (χ4n) is 3.02. The number of hydrogen-bond donors (Lipinski definition) is 0. The van der Waals surface area contributed by atoms with Crippen LogP contribution in [0.5, 0.6) is 0 Å². The highest BCUT2D eigenvalue weighted by atomic mass is 32.2. The van der Waals surface area contributed by atoms with Crippen molar-refractivity contribution >= 4 is 10.2 Å². The van der Waals surface area contributed by atoms with Crippen molar-refractivity contribution in [3.05, 3.63) is 18.2 Å². The van der Waals surface area contributed by atoms with Gasteiger partial charge < -0.3 is 4.57 Å². The van der Waals surface area contributed by atoms with Gasteiger partial charge in [-0.2, -0.15) is 22.3 Å². The summed E-state index contributed by atoms with van der Waals surface area (Å²) in [5.41, 5.74) is 0. The molecule has 0 spiro atoms. The number of nitrogens with zero attached hydrogens (tertiary/aromatic N) is 5. The molecule has 0 N–H and O–H groups in total. The Morgan fingerprint density at radius 3 is 2.91 bits per heavy atom. The van der Waals surface area contributed by atoms with Gasteiger partial charge in [-0.05, 0) is 26.7 Å². The molecule has 0 aliphatic carbocycles. The molecule has 0 amide bonds. The maximum Gasteiger partial charge on any atom is 0.282 e. The summed E-state index contributed by atoms with van der Waals surface area (Å²) >= 11 is 0. The van der Waals surface area contributed by atoms with Gasteiger partial charge in [0.25, 0.3) is 10.2 Å². The molecule has 1 saturated heterocycles. The second-order valence-electron chi connectivity index (χ2n) is 6.01. The van der Waals surface area contributed by atoms with Crippen molar-refractivity contribution in [1.82, 2.24) is 18.2 Å². The molecule has 0 saturated carbocycles. The first-order chi connectivity index (χ1) is 10.9. The molecule has 0 radical (unpaired) electrons. The Labute approximate surface area is 138 Å². The van der Waals surface area contributed by atoms with Crippen molar-refractivity contribution in [2.45, 2.75) is 45.7 Å². The molecule has 1 aliphatic rings. The van der Waals surface area contributed by atoms with Crippen LogP contribution in [0.25, 0.3) is 0 Å². The molecule has 23 heavy (non-hydrogen) atoms. The average Bonchev–Trinajstić information content (AvgIpc) is 3.03. The Morgan fingerprint density at radius 2 is 2.26 bits per heavy atom. The third-order valence-electron chi connectivity index (χ3n) is 4.28. The minimum absolute atomic E-state index is 0.199. The van der Waals surface area contributed by atoms with Crippen molar-refractivity contribution < 1.29 is 8.42 Å². The van der Waals surface area contributed by atoms with Crippen LogP contribution in [0.3, 0.4) is 0 Å². The van der Waals surface area contributed by atoms with Crippen LogP contribution in [-0.2, 0) is 16.8 Å². The van der Waals surface area contributed by atoms with E-state index in [-0.39, 0.29) is 18.5 Å². The van der Waals surface area contributed by atoms with E-state index in [1.54, 1.807) is 24.5 Å². The van der Waals surface area contributed by atoms with Crippen LogP contribution in [0, 0.1) is 17.2 Å². The van der Waals surface area contributed by atoms with E-state index >= 15 is 0 Å². The Hall–Kier alpha value is -1.43. The van der Waals surface area contributed by atoms with Crippen molar-refractivity contribution in [3.63, 3.8) is 0 Å². The quantitative estimate of drug-likeness (QED) is 0.791. The Morgan fingerprint density at radius 1 is 1.52 bits per heavy atom. The summed E-state index contributed by atoms with van der Waals surface area (Å²) in [6.45, 7) is 5.21. The Bertz CT molecular complexity index is 664. The molecule has 8 heteroatoms. The molecule has 1 aliphatic heterocycles. The maximum atomic E-state index is 12.9. The number of aromatic nitrogens is 2. The molecule has 1 aromatic rings. The number of imidazole rings is 1. The van der Waals surface area contributed by atoms with Crippen molar-refractivity contribution in [1.29, 1.82) is 5.26 Å². The summed E-state index contributed by atoms with van der Waals surface area (Å²) in [4.78, 5) is 4.40. The van der Waals surface area contributed by atoms with E-state index in [1.165, 1.54) is 4.31 Å². The van der Waals surface area contributed by atoms with Gasteiger partial charge in [0.2, 0.25) is 0 Å². The summed E-state index contributed by atoms with van der Waals surface area (Å²) in [6, 6.07) is 1.85. The minimum atomic E-state index is -3.61. The van der Waals surface area contributed by atoms with Crippen molar-refractivity contribution in [2.24, 2.45) is 5.92 Å². The Kier molecular flexibility index (Phi) is 5.79. The lowest BCUT2D eigenvalue weighted by Gasteiger charge is -2.36. The van der Waals surface area contributed by atoms with E-state index in [0.717, 1.165) is 31.6 Å². The molecule has 0 bridgehead atoms. The highest BCUT2D eigenvalue weighted by molar-refractivity contribution is 7.86. The highest BCUT2D eigenvalue weighted by Crippen LogP contribution is 2.33. The van der Waals surface area contributed by atoms with Gasteiger partial charge in [-0.15, -0.1) is 0 Å². The van der Waals surface area contributed by atoms with Gasteiger partial charge in [-0.25, -0.2) is 4.98 Å². The first-order valence-corrected chi connectivity index (χ1v) is 9.45. The number of hydrogen-bond acceptors (Lipinski definition) is 4. The van der Waals surface area contributed by atoms with E-state index in [4.69, 9.17) is 5.26 Å². The van der Waals surface area contributed by atoms with Gasteiger partial charge in [0, 0.05) is 39.1 Å². The average molecular weight is 339 g/mol. The molecule has 2 heterocycles. The van der Waals surface area contributed by atoms with Crippen LogP contribution in [0.2, 0.25) is 0 Å². The first kappa shape index (κ1) is 17.9. The molecule has 2 atom stereocenters. The van der Waals surface area contributed by atoms with Gasteiger partial charge in [-0.3, -0.25) is 0 Å². The summed E-state index contributed by atoms with van der Waals surface area (Å²) in [5, 5.41) is 8.93. The monoisotopic (exact) mass is 339 g/mol. The van der Waals surface area contributed by atoms with E-state index in [9.17, 15) is 8.42 Å². The number of nitriles is 1. The molecular weight excluding hydrogens is 314 g/mol. The van der Waals surface area contributed by atoms with Crippen LogP contribution < -0.4 is 0 Å². The van der Waals surface area contributed by atoms with Crippen molar-refractivity contribution in [2.75, 3.05) is 20.1 Å². The molecule has 0 aromatic carbocycles. The molecule has 1 fully saturated rings. The van der Waals surface area contributed by atoms with Gasteiger partial charge in [0.15, 0.2) is 0 Å². The van der Waals surface area contributed by atoms with E-state index in [0.29, 0.717) is 6.54 Å². The lowest BCUT2D eigenvalue weighted by atomic mass is 10.0. The number of piperidine rings is 1. The second-order valence-corrected chi connectivity index (χ2v) is 8.00. The molecule has 128 valence electrons. The van der Waals surface area contributed by atoms with E-state index < -0.39 is 10.2 Å². The Balaban J connectivity index is 2.29. The summed E-state index contributed by atoms with van der Waals surface area (Å²) < 4.78 is 30.7. The zero-order valence-corrected chi connectivity index (χ0v) is 14.8. The molecule has 7 nitrogen and oxygen atoms in total. The third kappa shape index (κ3) is 3.74. The molecular formula is C15H25N5O2S. The lowest BCUT2D eigenvalue weighted by Crippen LogP contribution is -2.47. The topological polar surface area (TPSA) is 82.2 Å². The predicted molar refractivity (Wildman–Crippen MR) is 87.5 cm³/mol. The number of rotatable bonds is 6. The fourth-order valence-corrected chi connectivity index (χ4v) is 4.68. The van der Waals surface area contributed by atoms with Crippen LogP contribution in [0.15, 0.2) is 12.4 Å². The van der Waals surface area contributed by atoms with Gasteiger partial charge in [0.05, 0.1) is 18.0 Å². The first-order valence-electron chi connectivity index (χ1n) is 8.05. The van der Waals surface area contributed by atoms with Crippen LogP contribution in [0.1, 0.15) is 45.0 Å². The summed E-state index contributed by atoms with van der Waals surface area (Å²) in [6.07, 6.45) is 6.23. The van der Waals surface area contributed by atoms with Gasteiger partial charge in [0.1, 0.15) is 5.82 Å². The summed E-state index contributed by atoms with van der Waals surface area (Å²) in [5.74, 6) is 0.466. The maximum absolute atomic E-state index is 12.9. The van der Waals surface area contributed by atoms with Crippen LogP contribution >= 0.6 is 0 Å². The standard InChI is InChI=1S/C15H25N5O2S/c1-4-19-10-8-17-15(19)14-7-5-6-9-20(14)23(21,22)18(3)12-13(2)11-16/h8,10,13-14H,4-7,9,12H2,1-3H3/t13-,14+/m1/s1. The van der Waals surface area contributed by atoms with E-state index in [2.05, 4.69) is 11.1 Å². The minimum Gasteiger partial charge on any atom is -0.334 e. The zero-order valence-electron chi connectivity index (χ0n) is 14.0. The fraction of sp³-hybridized carbons (Fsp3) is 0.733. The van der Waals surface area contributed by atoms with Crippen molar-refractivity contribution in [3.8, 4) is 6.07 Å². The lowest BCUT2D eigenvalue weighted by molar-refractivity contribution is 0.225. The third-order valence-corrected chi connectivity index (χ3v) is 6.25. The highest BCUT2D eigenvalue weighted by Gasteiger charge is 2.38. The SMILES string of the molecule is CCn1ccnc1[C@@H]1CCCCN1S(=O)(=O)N(C)C[C@H](C)C#N. The molecule has 1 aromatic heterocycles. The predicted octanol–water partition coefficient (Wildman–Crippen LogP) is 1.77.